The number of aliphatic hydroxyl groups excluding tert-OH is 1. The smallest absolute Gasteiger partial charge is 0.315 e. The second kappa shape index (κ2) is 8.13. The monoisotopic (exact) mass is 374 g/mol. The third-order valence-corrected chi connectivity index (χ3v) is 4.48. The van der Waals surface area contributed by atoms with Crippen LogP contribution in [-0.2, 0) is 11.2 Å². The molecule has 142 valence electrons. The SMILES string of the molecule is O=C(Cc1cccc(Oc2ccccc2F)c1[N+](=O)[O-])N1CCC(O)CC1. The van der Waals surface area contributed by atoms with Crippen molar-refractivity contribution < 1.29 is 24.0 Å². The minimum Gasteiger partial charge on any atom is -0.447 e. The van der Waals surface area contributed by atoms with Gasteiger partial charge >= 0.3 is 5.69 Å². The number of ether oxygens (including phenoxy) is 1. The minimum atomic E-state index is -0.639. The van der Waals surface area contributed by atoms with Crippen molar-refractivity contribution in [3.8, 4) is 11.5 Å². The number of halogens is 1. The summed E-state index contributed by atoms with van der Waals surface area (Å²) in [5.74, 6) is -1.15. The van der Waals surface area contributed by atoms with Gasteiger partial charge < -0.3 is 14.7 Å². The standard InChI is InChI=1S/C19H19FN2O5/c20-15-5-1-2-6-16(15)27-17-7-3-4-13(19(17)22(25)26)12-18(24)21-10-8-14(23)9-11-21/h1-7,14,23H,8-12H2. The van der Waals surface area contributed by atoms with E-state index >= 15 is 0 Å². The van der Waals surface area contributed by atoms with Crippen molar-refractivity contribution in [1.82, 2.24) is 4.90 Å². The summed E-state index contributed by atoms with van der Waals surface area (Å²) >= 11 is 0. The zero-order valence-electron chi connectivity index (χ0n) is 14.5. The maximum Gasteiger partial charge on any atom is 0.315 e. The molecule has 0 unspecified atom stereocenters. The molecule has 0 spiro atoms. The van der Waals surface area contributed by atoms with Gasteiger partial charge in [0.25, 0.3) is 0 Å². The van der Waals surface area contributed by atoms with Gasteiger partial charge in [0.1, 0.15) is 0 Å². The molecule has 8 heteroatoms. The molecule has 1 amide bonds. The van der Waals surface area contributed by atoms with Crippen molar-refractivity contribution in [2.24, 2.45) is 0 Å². The molecule has 2 aromatic rings. The Balaban J connectivity index is 1.84. The molecule has 0 bridgehead atoms. The van der Waals surface area contributed by atoms with Crippen LogP contribution in [0.25, 0.3) is 0 Å². The number of carbonyl (C=O) groups is 1. The summed E-state index contributed by atoms with van der Waals surface area (Å²) in [6.45, 7) is 0.832. The summed E-state index contributed by atoms with van der Waals surface area (Å²) in [5.41, 5.74) is -0.156. The summed E-state index contributed by atoms with van der Waals surface area (Å²) in [6.07, 6.45) is 0.399. The highest BCUT2D eigenvalue weighted by Crippen LogP contribution is 2.35. The van der Waals surface area contributed by atoms with Gasteiger partial charge in [-0.1, -0.05) is 24.3 Å². The molecule has 0 saturated carbocycles. The molecule has 7 nitrogen and oxygen atoms in total. The number of piperidine rings is 1. The number of para-hydroxylation sites is 2. The van der Waals surface area contributed by atoms with Crippen molar-refractivity contribution in [3.05, 3.63) is 64.0 Å². The fourth-order valence-electron chi connectivity index (χ4n) is 3.04. The molecule has 1 heterocycles. The number of likely N-dealkylation sites (tertiary alicyclic amines) is 1. The molecular formula is C19H19FN2O5. The second-order valence-corrected chi connectivity index (χ2v) is 6.34. The summed E-state index contributed by atoms with van der Waals surface area (Å²) in [5, 5.41) is 21.1. The average Bonchev–Trinajstić information content (AvgIpc) is 2.64. The summed E-state index contributed by atoms with van der Waals surface area (Å²) in [6, 6.07) is 10.0. The van der Waals surface area contributed by atoms with Gasteiger partial charge in [0.2, 0.25) is 11.7 Å². The van der Waals surface area contributed by atoms with Crippen LogP contribution in [0, 0.1) is 15.9 Å². The Labute approximate surface area is 155 Å². The maximum absolute atomic E-state index is 13.8. The van der Waals surface area contributed by atoms with Crippen molar-refractivity contribution in [1.29, 1.82) is 0 Å². The van der Waals surface area contributed by atoms with Crippen LogP contribution < -0.4 is 4.74 Å². The lowest BCUT2D eigenvalue weighted by molar-refractivity contribution is -0.386. The van der Waals surface area contributed by atoms with Gasteiger partial charge in [-0.2, -0.15) is 0 Å². The van der Waals surface area contributed by atoms with E-state index in [0.29, 0.717) is 25.9 Å². The van der Waals surface area contributed by atoms with Crippen LogP contribution in [-0.4, -0.2) is 40.0 Å². The first-order chi connectivity index (χ1) is 13.0. The molecular weight excluding hydrogens is 355 g/mol. The lowest BCUT2D eigenvalue weighted by atomic mass is 10.0. The Morgan fingerprint density at radius 3 is 2.52 bits per heavy atom. The number of carbonyl (C=O) groups excluding carboxylic acids is 1. The van der Waals surface area contributed by atoms with Crippen LogP contribution in [0.1, 0.15) is 18.4 Å². The number of hydrogen-bond donors (Lipinski definition) is 1. The number of nitrogens with zero attached hydrogens (tertiary/aromatic N) is 2. The van der Waals surface area contributed by atoms with E-state index < -0.39 is 16.8 Å². The van der Waals surface area contributed by atoms with E-state index in [2.05, 4.69) is 0 Å². The van der Waals surface area contributed by atoms with E-state index in [0.717, 1.165) is 0 Å². The molecule has 27 heavy (non-hydrogen) atoms. The Kier molecular flexibility index (Phi) is 5.66. The number of nitro benzene ring substituents is 1. The quantitative estimate of drug-likeness (QED) is 0.641. The fraction of sp³-hybridized carbons (Fsp3) is 0.316. The fourth-order valence-corrected chi connectivity index (χ4v) is 3.04. The van der Waals surface area contributed by atoms with Gasteiger partial charge in [-0.3, -0.25) is 14.9 Å². The van der Waals surface area contributed by atoms with E-state index in [1.54, 1.807) is 11.0 Å². The van der Waals surface area contributed by atoms with Gasteiger partial charge in [0, 0.05) is 18.7 Å². The minimum absolute atomic E-state index is 0.121. The molecule has 3 rings (SSSR count). The Hall–Kier alpha value is -3.00. The largest absolute Gasteiger partial charge is 0.447 e. The highest BCUT2D eigenvalue weighted by Gasteiger charge is 2.27. The predicted molar refractivity (Wildman–Crippen MR) is 95.1 cm³/mol. The van der Waals surface area contributed by atoms with E-state index in [1.807, 2.05) is 0 Å². The third-order valence-electron chi connectivity index (χ3n) is 4.48. The first-order valence-electron chi connectivity index (χ1n) is 8.60. The lowest BCUT2D eigenvalue weighted by Crippen LogP contribution is -2.40. The van der Waals surface area contributed by atoms with Crippen LogP contribution in [0.2, 0.25) is 0 Å². The van der Waals surface area contributed by atoms with Crippen molar-refractivity contribution in [3.63, 3.8) is 0 Å². The topological polar surface area (TPSA) is 92.9 Å². The average molecular weight is 374 g/mol. The van der Waals surface area contributed by atoms with Crippen LogP contribution in [0.15, 0.2) is 42.5 Å². The van der Waals surface area contributed by atoms with Gasteiger partial charge in [-0.15, -0.1) is 0 Å². The zero-order chi connectivity index (χ0) is 19.4. The number of rotatable bonds is 5. The van der Waals surface area contributed by atoms with Gasteiger partial charge in [-0.25, -0.2) is 4.39 Å². The summed E-state index contributed by atoms with van der Waals surface area (Å²) in [4.78, 5) is 25.0. The number of hydrogen-bond acceptors (Lipinski definition) is 5. The molecule has 0 aliphatic carbocycles. The first kappa shape index (κ1) is 18.8. The normalized spacial score (nSPS) is 14.8. The Morgan fingerprint density at radius 1 is 1.19 bits per heavy atom. The first-order valence-corrected chi connectivity index (χ1v) is 8.60. The molecule has 0 radical (unpaired) electrons. The number of aliphatic hydroxyl groups is 1. The molecule has 0 atom stereocenters. The predicted octanol–water partition coefficient (Wildman–Crippen LogP) is 3.05. The number of amides is 1. The van der Waals surface area contributed by atoms with Crippen LogP contribution in [0.3, 0.4) is 0 Å². The van der Waals surface area contributed by atoms with Crippen molar-refractivity contribution >= 4 is 11.6 Å². The summed E-state index contributed by atoms with van der Waals surface area (Å²) < 4.78 is 19.2. The maximum atomic E-state index is 13.8. The lowest BCUT2D eigenvalue weighted by Gasteiger charge is -2.29. The van der Waals surface area contributed by atoms with Gasteiger partial charge in [-0.05, 0) is 31.0 Å². The van der Waals surface area contributed by atoms with E-state index in [9.17, 15) is 24.4 Å². The van der Waals surface area contributed by atoms with Crippen LogP contribution >= 0.6 is 0 Å². The zero-order valence-corrected chi connectivity index (χ0v) is 14.5. The highest BCUT2D eigenvalue weighted by molar-refractivity contribution is 5.80. The van der Waals surface area contributed by atoms with Gasteiger partial charge in [0.05, 0.1) is 17.4 Å². The molecule has 1 saturated heterocycles. The highest BCUT2D eigenvalue weighted by atomic mass is 19.1. The van der Waals surface area contributed by atoms with Crippen molar-refractivity contribution in [2.75, 3.05) is 13.1 Å². The Bertz CT molecular complexity index is 850. The molecule has 1 fully saturated rings. The summed E-state index contributed by atoms with van der Waals surface area (Å²) in [7, 11) is 0. The van der Waals surface area contributed by atoms with Gasteiger partial charge in [0.15, 0.2) is 11.6 Å². The van der Waals surface area contributed by atoms with Crippen LogP contribution in [0.4, 0.5) is 10.1 Å². The second-order valence-electron chi connectivity index (χ2n) is 6.34. The van der Waals surface area contributed by atoms with Crippen LogP contribution in [0.5, 0.6) is 11.5 Å². The molecule has 2 aromatic carbocycles. The Morgan fingerprint density at radius 2 is 1.85 bits per heavy atom. The molecule has 0 aromatic heterocycles. The van der Waals surface area contributed by atoms with E-state index in [4.69, 9.17) is 4.74 Å². The van der Waals surface area contributed by atoms with Crippen molar-refractivity contribution in [2.45, 2.75) is 25.4 Å². The molecule has 1 aliphatic heterocycles. The molecule has 1 aliphatic rings. The number of benzene rings is 2. The third kappa shape index (κ3) is 4.40. The number of nitro groups is 1. The molecule has 1 N–H and O–H groups in total. The van der Waals surface area contributed by atoms with E-state index in [1.165, 1.54) is 36.4 Å². The van der Waals surface area contributed by atoms with E-state index in [-0.39, 0.29) is 35.1 Å².